The van der Waals surface area contributed by atoms with E-state index in [1.807, 2.05) is 43.3 Å². The largest absolute Gasteiger partial charge is 0.491 e. The molecule has 20 heavy (non-hydrogen) atoms. The van der Waals surface area contributed by atoms with Gasteiger partial charge in [0.15, 0.2) is 0 Å². The van der Waals surface area contributed by atoms with Crippen molar-refractivity contribution in [3.05, 3.63) is 65.2 Å². The van der Waals surface area contributed by atoms with Crippen molar-refractivity contribution in [2.24, 2.45) is 0 Å². The van der Waals surface area contributed by atoms with E-state index in [4.69, 9.17) is 4.74 Å². The Balaban J connectivity index is 1.81. The van der Waals surface area contributed by atoms with E-state index < -0.39 is 0 Å². The molecule has 0 aromatic heterocycles. The Morgan fingerprint density at radius 3 is 2.75 bits per heavy atom. The van der Waals surface area contributed by atoms with Crippen LogP contribution < -0.4 is 10.1 Å². The van der Waals surface area contributed by atoms with Crippen LogP contribution in [-0.2, 0) is 6.42 Å². The first kappa shape index (κ1) is 12.7. The number of carbonyl (C=O) groups excluding carboxylic acids is 1. The Kier molecular flexibility index (Phi) is 3.42. The molecule has 102 valence electrons. The minimum absolute atomic E-state index is 0.00306. The fourth-order valence-corrected chi connectivity index (χ4v) is 2.55. The van der Waals surface area contributed by atoms with Gasteiger partial charge in [0.25, 0.3) is 5.91 Å². The summed E-state index contributed by atoms with van der Waals surface area (Å²) in [4.78, 5) is 12.3. The summed E-state index contributed by atoms with van der Waals surface area (Å²) in [5, 5.41) is 3.06. The lowest BCUT2D eigenvalue weighted by Crippen LogP contribution is -2.38. The summed E-state index contributed by atoms with van der Waals surface area (Å²) in [6.45, 7) is 2.43. The van der Waals surface area contributed by atoms with Gasteiger partial charge in [0.2, 0.25) is 0 Å². The number of hydrogen-bond donors (Lipinski definition) is 1. The number of hydrogen-bond acceptors (Lipinski definition) is 2. The van der Waals surface area contributed by atoms with Crippen molar-refractivity contribution in [1.82, 2.24) is 5.32 Å². The number of amides is 1. The van der Waals surface area contributed by atoms with Crippen LogP contribution in [0.15, 0.2) is 48.5 Å². The third-order valence-electron chi connectivity index (χ3n) is 3.56. The number of carbonyl (C=O) groups is 1. The molecule has 0 unspecified atom stereocenters. The lowest BCUT2D eigenvalue weighted by molar-refractivity contribution is 0.0938. The molecule has 0 bridgehead atoms. The first-order valence-corrected chi connectivity index (χ1v) is 6.81. The molecule has 0 saturated heterocycles. The summed E-state index contributed by atoms with van der Waals surface area (Å²) >= 11 is 0. The molecule has 1 heterocycles. The molecule has 0 aliphatic carbocycles. The maximum absolute atomic E-state index is 12.3. The molecule has 3 heteroatoms. The highest BCUT2D eigenvalue weighted by Gasteiger charge is 2.24. The van der Waals surface area contributed by atoms with Gasteiger partial charge in [-0.3, -0.25) is 4.79 Å². The number of fused-ring (bicyclic) bond motifs is 1. The van der Waals surface area contributed by atoms with Gasteiger partial charge in [-0.25, -0.2) is 0 Å². The van der Waals surface area contributed by atoms with Crippen molar-refractivity contribution < 1.29 is 9.53 Å². The molecule has 1 atom stereocenters. The fourth-order valence-electron chi connectivity index (χ4n) is 2.55. The highest BCUT2D eigenvalue weighted by atomic mass is 16.5. The summed E-state index contributed by atoms with van der Waals surface area (Å²) in [7, 11) is 0. The average Bonchev–Trinajstić information content (AvgIpc) is 2.60. The van der Waals surface area contributed by atoms with E-state index in [9.17, 15) is 4.79 Å². The molecular weight excluding hydrogens is 250 g/mol. The van der Waals surface area contributed by atoms with E-state index >= 15 is 0 Å². The maximum Gasteiger partial charge on any atom is 0.255 e. The molecule has 1 amide bonds. The van der Waals surface area contributed by atoms with Gasteiger partial charge in [0.1, 0.15) is 12.4 Å². The highest BCUT2D eigenvalue weighted by Crippen LogP contribution is 2.24. The van der Waals surface area contributed by atoms with Crippen molar-refractivity contribution >= 4 is 5.91 Å². The van der Waals surface area contributed by atoms with Gasteiger partial charge in [-0.2, -0.15) is 0 Å². The van der Waals surface area contributed by atoms with Crippen LogP contribution in [0.4, 0.5) is 0 Å². The third kappa shape index (κ3) is 2.52. The van der Waals surface area contributed by atoms with Gasteiger partial charge in [-0.05, 0) is 30.5 Å². The summed E-state index contributed by atoms with van der Waals surface area (Å²) in [5.74, 6) is 0.634. The highest BCUT2D eigenvalue weighted by molar-refractivity contribution is 5.98. The SMILES string of the molecule is Cc1cccc2c1C(=O)N[C@@H](Cc1ccccc1)CO2. The molecule has 1 aliphatic heterocycles. The average molecular weight is 267 g/mol. The molecule has 0 fully saturated rings. The Morgan fingerprint density at radius 2 is 1.95 bits per heavy atom. The van der Waals surface area contributed by atoms with E-state index in [0.29, 0.717) is 17.9 Å². The number of aryl methyl sites for hydroxylation is 1. The van der Waals surface area contributed by atoms with Crippen LogP contribution in [0, 0.1) is 6.92 Å². The predicted octanol–water partition coefficient (Wildman–Crippen LogP) is 2.73. The van der Waals surface area contributed by atoms with Gasteiger partial charge in [0, 0.05) is 0 Å². The molecule has 0 spiro atoms. The molecule has 0 radical (unpaired) electrons. The standard InChI is InChI=1S/C17H17NO2/c1-12-6-5-9-15-16(12)17(19)18-14(11-20-15)10-13-7-3-2-4-8-13/h2-9,14H,10-11H2,1H3,(H,18,19)/t14-/m0/s1. The summed E-state index contributed by atoms with van der Waals surface area (Å²) < 4.78 is 5.80. The number of benzene rings is 2. The molecular formula is C17H17NO2. The van der Waals surface area contributed by atoms with Crippen molar-refractivity contribution in [1.29, 1.82) is 0 Å². The van der Waals surface area contributed by atoms with Crippen molar-refractivity contribution in [3.63, 3.8) is 0 Å². The Bertz CT molecular complexity index is 622. The summed E-state index contributed by atoms with van der Waals surface area (Å²) in [6.07, 6.45) is 0.777. The Labute approximate surface area is 118 Å². The van der Waals surface area contributed by atoms with Crippen LogP contribution in [0.25, 0.3) is 0 Å². The first-order chi connectivity index (χ1) is 9.74. The molecule has 3 nitrogen and oxygen atoms in total. The zero-order valence-corrected chi connectivity index (χ0v) is 11.4. The molecule has 0 saturated carbocycles. The summed E-state index contributed by atoms with van der Waals surface area (Å²) in [5.41, 5.74) is 2.80. The van der Waals surface area contributed by atoms with Crippen LogP contribution in [0.3, 0.4) is 0 Å². The number of rotatable bonds is 2. The maximum atomic E-state index is 12.3. The smallest absolute Gasteiger partial charge is 0.255 e. The van der Waals surface area contributed by atoms with E-state index in [1.54, 1.807) is 0 Å². The molecule has 3 rings (SSSR count). The van der Waals surface area contributed by atoms with Crippen LogP contribution >= 0.6 is 0 Å². The van der Waals surface area contributed by atoms with Gasteiger partial charge in [-0.15, -0.1) is 0 Å². The quantitative estimate of drug-likeness (QED) is 0.908. The first-order valence-electron chi connectivity index (χ1n) is 6.81. The Morgan fingerprint density at radius 1 is 1.15 bits per heavy atom. The van der Waals surface area contributed by atoms with Crippen molar-refractivity contribution in [2.75, 3.05) is 6.61 Å². The fraction of sp³-hybridized carbons (Fsp3) is 0.235. The van der Waals surface area contributed by atoms with E-state index in [2.05, 4.69) is 17.4 Å². The normalized spacial score (nSPS) is 17.6. The molecule has 2 aromatic carbocycles. The third-order valence-corrected chi connectivity index (χ3v) is 3.56. The van der Waals surface area contributed by atoms with E-state index in [1.165, 1.54) is 5.56 Å². The van der Waals surface area contributed by atoms with Gasteiger partial charge < -0.3 is 10.1 Å². The minimum atomic E-state index is -0.0449. The molecule has 1 N–H and O–H groups in total. The predicted molar refractivity (Wildman–Crippen MR) is 78.1 cm³/mol. The van der Waals surface area contributed by atoms with Crippen molar-refractivity contribution in [2.45, 2.75) is 19.4 Å². The van der Waals surface area contributed by atoms with Crippen LogP contribution in [-0.4, -0.2) is 18.6 Å². The number of ether oxygens (including phenoxy) is 1. The van der Waals surface area contributed by atoms with E-state index in [-0.39, 0.29) is 11.9 Å². The van der Waals surface area contributed by atoms with Crippen molar-refractivity contribution in [3.8, 4) is 5.75 Å². The van der Waals surface area contributed by atoms with Crippen LogP contribution in [0.1, 0.15) is 21.5 Å². The van der Waals surface area contributed by atoms with E-state index in [0.717, 1.165) is 12.0 Å². The summed E-state index contributed by atoms with van der Waals surface area (Å²) in [6, 6.07) is 15.8. The van der Waals surface area contributed by atoms with Gasteiger partial charge in [-0.1, -0.05) is 42.5 Å². The minimum Gasteiger partial charge on any atom is -0.491 e. The second kappa shape index (κ2) is 5.37. The van der Waals surface area contributed by atoms with Crippen LogP contribution in [0.5, 0.6) is 5.75 Å². The van der Waals surface area contributed by atoms with Crippen LogP contribution in [0.2, 0.25) is 0 Å². The van der Waals surface area contributed by atoms with Gasteiger partial charge in [0.05, 0.1) is 11.6 Å². The molecule has 2 aromatic rings. The lowest BCUT2D eigenvalue weighted by atomic mass is 10.1. The second-order valence-corrected chi connectivity index (χ2v) is 5.12. The zero-order valence-electron chi connectivity index (χ0n) is 11.4. The molecule has 1 aliphatic rings. The van der Waals surface area contributed by atoms with Gasteiger partial charge >= 0.3 is 0 Å². The Hall–Kier alpha value is -2.29. The monoisotopic (exact) mass is 267 g/mol. The topological polar surface area (TPSA) is 38.3 Å². The lowest BCUT2D eigenvalue weighted by Gasteiger charge is -2.15. The number of nitrogens with one attached hydrogen (secondary N) is 1. The zero-order chi connectivity index (χ0) is 13.9. The second-order valence-electron chi connectivity index (χ2n) is 5.12.